The molecule has 0 saturated heterocycles. The van der Waals surface area contributed by atoms with Crippen LogP contribution in [0.1, 0.15) is 23.6 Å². The second kappa shape index (κ2) is 9.41. The molecule has 1 unspecified atom stereocenters. The summed E-state index contributed by atoms with van der Waals surface area (Å²) in [4.78, 5) is 14.4. The van der Waals surface area contributed by atoms with Gasteiger partial charge < -0.3 is 16.2 Å². The average molecular weight is 404 g/mol. The first-order valence-corrected chi connectivity index (χ1v) is 10.0. The van der Waals surface area contributed by atoms with Gasteiger partial charge in [0.05, 0.1) is 12.6 Å². The lowest BCUT2D eigenvalue weighted by molar-refractivity contribution is -0.124. The van der Waals surface area contributed by atoms with Gasteiger partial charge in [0.15, 0.2) is 0 Å². The molecule has 1 aliphatic rings. The number of rotatable bonds is 8. The zero-order valence-corrected chi connectivity index (χ0v) is 16.5. The Labute approximate surface area is 170 Å². The van der Waals surface area contributed by atoms with Gasteiger partial charge in [-0.05, 0) is 30.2 Å². The Kier molecular flexibility index (Phi) is 6.93. The van der Waals surface area contributed by atoms with E-state index >= 15 is 0 Å². The number of carbonyl (C=O) groups is 1. The van der Waals surface area contributed by atoms with Gasteiger partial charge in [-0.2, -0.15) is 12.6 Å². The van der Waals surface area contributed by atoms with Crippen LogP contribution < -0.4 is 16.2 Å². The fourth-order valence-electron chi connectivity index (χ4n) is 3.71. The lowest BCUT2D eigenvalue weighted by atomic mass is 9.94. The standard InChI is InChI=1S/C21H26FN3O2S/c22-15-6-7-20-17(11-15)18(8-9-27-20)25(12-16(23)13-28)19(21(24)26)10-14-4-2-1-3-5-14/h1-7,11,16,18-19,28H,8-10,12-13,23H2,(H2,24,26)/t16-,18?,19+/m1/s1. The number of benzene rings is 2. The van der Waals surface area contributed by atoms with E-state index in [1.807, 2.05) is 35.2 Å². The molecule has 28 heavy (non-hydrogen) atoms. The number of amides is 1. The Morgan fingerprint density at radius 1 is 1.29 bits per heavy atom. The summed E-state index contributed by atoms with van der Waals surface area (Å²) in [7, 11) is 0. The fraction of sp³-hybridized carbons (Fsp3) is 0.381. The highest BCUT2D eigenvalue weighted by Crippen LogP contribution is 2.38. The number of hydrogen-bond donors (Lipinski definition) is 3. The molecule has 0 bridgehead atoms. The first kappa shape index (κ1) is 20.6. The number of hydrogen-bond acceptors (Lipinski definition) is 5. The zero-order chi connectivity index (χ0) is 20.1. The topological polar surface area (TPSA) is 81.6 Å². The van der Waals surface area contributed by atoms with E-state index < -0.39 is 11.9 Å². The second-order valence-corrected chi connectivity index (χ2v) is 7.45. The van der Waals surface area contributed by atoms with Crippen molar-refractivity contribution in [2.75, 3.05) is 18.9 Å². The van der Waals surface area contributed by atoms with Gasteiger partial charge in [-0.15, -0.1) is 0 Å². The van der Waals surface area contributed by atoms with Crippen LogP contribution in [0.2, 0.25) is 0 Å². The van der Waals surface area contributed by atoms with Gasteiger partial charge in [-0.1, -0.05) is 30.3 Å². The molecule has 1 aliphatic heterocycles. The van der Waals surface area contributed by atoms with E-state index in [2.05, 4.69) is 12.6 Å². The van der Waals surface area contributed by atoms with E-state index in [0.717, 1.165) is 11.1 Å². The Morgan fingerprint density at radius 3 is 2.71 bits per heavy atom. The Morgan fingerprint density at radius 2 is 2.04 bits per heavy atom. The number of thiol groups is 1. The van der Waals surface area contributed by atoms with Crippen LogP contribution in [0, 0.1) is 5.82 Å². The highest BCUT2D eigenvalue weighted by atomic mass is 32.1. The molecule has 5 nitrogen and oxygen atoms in total. The highest BCUT2D eigenvalue weighted by Gasteiger charge is 2.35. The van der Waals surface area contributed by atoms with Gasteiger partial charge in [-0.25, -0.2) is 4.39 Å². The number of ether oxygens (including phenoxy) is 1. The molecule has 0 spiro atoms. The number of primary amides is 1. The van der Waals surface area contributed by atoms with Gasteiger partial charge >= 0.3 is 0 Å². The van der Waals surface area contributed by atoms with Crippen molar-refractivity contribution in [3.63, 3.8) is 0 Å². The maximum atomic E-state index is 14.0. The molecule has 3 atom stereocenters. The minimum atomic E-state index is -0.576. The molecule has 0 fully saturated rings. The average Bonchev–Trinajstić information content (AvgIpc) is 2.70. The zero-order valence-electron chi connectivity index (χ0n) is 15.6. The minimum Gasteiger partial charge on any atom is -0.493 e. The van der Waals surface area contributed by atoms with Crippen molar-refractivity contribution < 1.29 is 13.9 Å². The summed E-state index contributed by atoms with van der Waals surface area (Å²) in [5, 5.41) is 0. The lowest BCUT2D eigenvalue weighted by Crippen LogP contribution is -2.53. The molecular formula is C21H26FN3O2S. The molecule has 1 amide bonds. The third kappa shape index (κ3) is 4.84. The summed E-state index contributed by atoms with van der Waals surface area (Å²) in [6.07, 6.45) is 1.08. The Bertz CT molecular complexity index is 805. The third-order valence-corrected chi connectivity index (χ3v) is 5.53. The van der Waals surface area contributed by atoms with Crippen LogP contribution in [0.5, 0.6) is 5.75 Å². The summed E-state index contributed by atoms with van der Waals surface area (Å²) in [6.45, 7) is 0.900. The van der Waals surface area contributed by atoms with Crippen molar-refractivity contribution in [1.82, 2.24) is 4.90 Å². The maximum absolute atomic E-state index is 14.0. The van der Waals surface area contributed by atoms with Crippen LogP contribution in [0.25, 0.3) is 0 Å². The molecule has 1 heterocycles. The van der Waals surface area contributed by atoms with Crippen molar-refractivity contribution >= 4 is 18.5 Å². The van der Waals surface area contributed by atoms with Crippen molar-refractivity contribution in [3.8, 4) is 5.75 Å². The summed E-state index contributed by atoms with van der Waals surface area (Å²) in [5.41, 5.74) is 13.7. The summed E-state index contributed by atoms with van der Waals surface area (Å²) in [6, 6.07) is 13.1. The quantitative estimate of drug-likeness (QED) is 0.591. The summed E-state index contributed by atoms with van der Waals surface area (Å²) >= 11 is 4.29. The van der Waals surface area contributed by atoms with Gasteiger partial charge in [0.1, 0.15) is 11.6 Å². The molecule has 0 aliphatic carbocycles. The largest absolute Gasteiger partial charge is 0.493 e. The van der Waals surface area contributed by atoms with E-state index in [-0.39, 0.29) is 17.9 Å². The molecule has 3 rings (SSSR count). The SMILES string of the molecule is NC(=O)[C@H](Cc1ccccc1)N(C[C@@H](N)CS)C1CCOc2ccc(F)cc21. The third-order valence-electron chi connectivity index (χ3n) is 5.06. The summed E-state index contributed by atoms with van der Waals surface area (Å²) < 4.78 is 19.7. The van der Waals surface area contributed by atoms with E-state index in [0.29, 0.717) is 37.5 Å². The number of halogens is 1. The van der Waals surface area contributed by atoms with Crippen LogP contribution in [0.4, 0.5) is 4.39 Å². The number of carbonyl (C=O) groups excluding carboxylic acids is 1. The van der Waals surface area contributed by atoms with E-state index in [4.69, 9.17) is 16.2 Å². The van der Waals surface area contributed by atoms with Crippen molar-refractivity contribution in [2.24, 2.45) is 11.5 Å². The smallest absolute Gasteiger partial charge is 0.235 e. The van der Waals surface area contributed by atoms with Crippen LogP contribution in [-0.4, -0.2) is 41.8 Å². The van der Waals surface area contributed by atoms with Crippen LogP contribution in [0.15, 0.2) is 48.5 Å². The van der Waals surface area contributed by atoms with Gasteiger partial charge in [0, 0.05) is 36.4 Å². The fourth-order valence-corrected chi connectivity index (χ4v) is 3.83. The molecule has 4 N–H and O–H groups in total. The van der Waals surface area contributed by atoms with Gasteiger partial charge in [-0.3, -0.25) is 9.69 Å². The molecule has 2 aromatic rings. The molecule has 150 valence electrons. The second-order valence-electron chi connectivity index (χ2n) is 7.08. The Balaban J connectivity index is 1.98. The molecule has 0 aromatic heterocycles. The van der Waals surface area contributed by atoms with E-state index in [1.54, 1.807) is 6.07 Å². The van der Waals surface area contributed by atoms with E-state index in [9.17, 15) is 9.18 Å². The predicted molar refractivity (Wildman–Crippen MR) is 111 cm³/mol. The van der Waals surface area contributed by atoms with Crippen LogP contribution in [-0.2, 0) is 11.2 Å². The monoisotopic (exact) mass is 403 g/mol. The van der Waals surface area contributed by atoms with Crippen molar-refractivity contribution in [3.05, 3.63) is 65.5 Å². The Hall–Kier alpha value is -2.09. The molecule has 2 aromatic carbocycles. The maximum Gasteiger partial charge on any atom is 0.235 e. The van der Waals surface area contributed by atoms with Gasteiger partial charge in [0.25, 0.3) is 0 Å². The lowest BCUT2D eigenvalue weighted by Gasteiger charge is -2.40. The molecular weight excluding hydrogens is 377 g/mol. The predicted octanol–water partition coefficient (Wildman–Crippen LogP) is 2.30. The molecule has 7 heteroatoms. The first-order chi connectivity index (χ1) is 13.5. The number of nitrogens with two attached hydrogens (primary N) is 2. The minimum absolute atomic E-state index is 0.216. The van der Waals surface area contributed by atoms with Gasteiger partial charge in [0.2, 0.25) is 5.91 Å². The molecule has 0 radical (unpaired) electrons. The van der Waals surface area contributed by atoms with Crippen molar-refractivity contribution in [2.45, 2.75) is 31.0 Å². The number of fused-ring (bicyclic) bond motifs is 1. The van der Waals surface area contributed by atoms with Crippen LogP contribution >= 0.6 is 12.6 Å². The molecule has 0 saturated carbocycles. The normalized spacial score (nSPS) is 18.2. The number of nitrogens with zero attached hydrogens (tertiary/aromatic N) is 1. The first-order valence-electron chi connectivity index (χ1n) is 9.37. The highest BCUT2D eigenvalue weighted by molar-refractivity contribution is 7.80. The van der Waals surface area contributed by atoms with Crippen LogP contribution in [0.3, 0.4) is 0 Å². The van der Waals surface area contributed by atoms with Crippen molar-refractivity contribution in [1.29, 1.82) is 0 Å². The summed E-state index contributed by atoms with van der Waals surface area (Å²) in [5.74, 6) is 0.322. The van der Waals surface area contributed by atoms with E-state index in [1.165, 1.54) is 12.1 Å².